The summed E-state index contributed by atoms with van der Waals surface area (Å²) in [6, 6.07) is 12.3. The van der Waals surface area contributed by atoms with Gasteiger partial charge in [-0.2, -0.15) is 17.6 Å². The first kappa shape index (κ1) is 36.3. The van der Waals surface area contributed by atoms with Gasteiger partial charge in [-0.1, -0.05) is 60.7 Å². The molecule has 3 atom stereocenters. The zero-order chi connectivity index (χ0) is 33.3. The van der Waals surface area contributed by atoms with Gasteiger partial charge in [-0.3, -0.25) is 19.3 Å². The van der Waals surface area contributed by atoms with Crippen LogP contribution in [0.3, 0.4) is 0 Å². The number of alkyl halides is 4. The fourth-order valence-corrected chi connectivity index (χ4v) is 4.32. The van der Waals surface area contributed by atoms with Gasteiger partial charge in [0.25, 0.3) is 0 Å². The van der Waals surface area contributed by atoms with Crippen LogP contribution in [0.5, 0.6) is 0 Å². The van der Waals surface area contributed by atoms with Crippen LogP contribution in [0, 0.1) is 0 Å². The molecule has 252 valence electrons. The van der Waals surface area contributed by atoms with Crippen molar-refractivity contribution in [2.45, 2.75) is 44.4 Å². The highest BCUT2D eigenvalue weighted by atomic mass is 19.3. The van der Waals surface area contributed by atoms with E-state index in [1.54, 1.807) is 65.6 Å². The molecule has 0 radical (unpaired) electrons. The maximum atomic E-state index is 13.3. The molecule has 1 aliphatic rings. The fourth-order valence-electron chi connectivity index (χ4n) is 4.32. The standard InChI is InChI=1S/C30H36F4N4O8/c31-29(32)45-18-23(35-25(39)16-38-11-13-43-14-12-38)26(40)37-24(19-46-30(33)34)27(41)36-22(15-20-7-3-1-4-8-20)28(42)44-17-21-9-5-2-6-10-21/h1-10,22-24,29-30H,11-19H2,(H,35,39)(H,36,41)(H,37,40)/t22-,23?,24?/m0/s1. The van der Waals surface area contributed by atoms with E-state index in [2.05, 4.69) is 25.4 Å². The molecule has 3 amide bonds. The van der Waals surface area contributed by atoms with Crippen LogP contribution in [0.4, 0.5) is 17.6 Å². The van der Waals surface area contributed by atoms with Crippen molar-refractivity contribution in [1.29, 1.82) is 0 Å². The number of ether oxygens (including phenoxy) is 4. The highest BCUT2D eigenvalue weighted by Gasteiger charge is 2.32. The van der Waals surface area contributed by atoms with Crippen LogP contribution in [0.25, 0.3) is 0 Å². The predicted octanol–water partition coefficient (Wildman–Crippen LogP) is 1.24. The molecule has 2 aromatic carbocycles. The Morgan fingerprint density at radius 1 is 0.717 bits per heavy atom. The third kappa shape index (κ3) is 13.5. The summed E-state index contributed by atoms with van der Waals surface area (Å²) in [4.78, 5) is 53.8. The second-order valence-corrected chi connectivity index (χ2v) is 10.1. The Bertz CT molecular complexity index is 1240. The minimum atomic E-state index is -3.34. The van der Waals surface area contributed by atoms with Gasteiger partial charge in [0.05, 0.1) is 33.0 Å². The average molecular weight is 657 g/mol. The third-order valence-corrected chi connectivity index (χ3v) is 6.64. The Kier molecular flexibility index (Phi) is 15.3. The molecule has 3 N–H and O–H groups in total. The van der Waals surface area contributed by atoms with Crippen molar-refractivity contribution in [3.8, 4) is 0 Å². The summed E-state index contributed by atoms with van der Waals surface area (Å²) in [6.45, 7) is -7.41. The smallest absolute Gasteiger partial charge is 0.345 e. The summed E-state index contributed by atoms with van der Waals surface area (Å²) in [7, 11) is 0. The number of hydrogen-bond donors (Lipinski definition) is 3. The lowest BCUT2D eigenvalue weighted by molar-refractivity contribution is -0.155. The number of hydrogen-bond acceptors (Lipinski definition) is 9. The van der Waals surface area contributed by atoms with Crippen molar-refractivity contribution in [3.63, 3.8) is 0 Å². The van der Waals surface area contributed by atoms with Gasteiger partial charge in [-0.15, -0.1) is 0 Å². The van der Waals surface area contributed by atoms with Crippen molar-refractivity contribution in [2.75, 3.05) is 46.1 Å². The molecule has 1 heterocycles. The van der Waals surface area contributed by atoms with E-state index < -0.39 is 68.3 Å². The van der Waals surface area contributed by atoms with Crippen LogP contribution >= 0.6 is 0 Å². The Hall–Kier alpha value is -4.12. The molecule has 1 saturated heterocycles. The van der Waals surface area contributed by atoms with E-state index in [1.165, 1.54) is 0 Å². The van der Waals surface area contributed by atoms with Crippen LogP contribution in [-0.4, -0.2) is 106 Å². The number of carbonyl (C=O) groups excluding carboxylic acids is 4. The second kappa shape index (κ2) is 19.4. The number of carbonyl (C=O) groups is 4. The summed E-state index contributed by atoms with van der Waals surface area (Å²) in [5.41, 5.74) is 1.30. The van der Waals surface area contributed by atoms with Gasteiger partial charge in [-0.25, -0.2) is 4.79 Å². The van der Waals surface area contributed by atoms with E-state index >= 15 is 0 Å². The quantitative estimate of drug-likeness (QED) is 0.160. The molecule has 0 bridgehead atoms. The monoisotopic (exact) mass is 656 g/mol. The van der Waals surface area contributed by atoms with Gasteiger partial charge in [-0.05, 0) is 11.1 Å². The lowest BCUT2D eigenvalue weighted by Gasteiger charge is -2.27. The molecule has 0 aromatic heterocycles. The van der Waals surface area contributed by atoms with Crippen molar-refractivity contribution < 1.29 is 55.7 Å². The van der Waals surface area contributed by atoms with E-state index in [4.69, 9.17) is 9.47 Å². The fraction of sp³-hybridized carbons (Fsp3) is 0.467. The molecular formula is C30H36F4N4O8. The van der Waals surface area contributed by atoms with Crippen molar-refractivity contribution >= 4 is 23.7 Å². The second-order valence-electron chi connectivity index (χ2n) is 10.1. The zero-order valence-corrected chi connectivity index (χ0v) is 24.7. The highest BCUT2D eigenvalue weighted by Crippen LogP contribution is 2.09. The highest BCUT2D eigenvalue weighted by molar-refractivity contribution is 5.94. The first-order valence-corrected chi connectivity index (χ1v) is 14.3. The van der Waals surface area contributed by atoms with Gasteiger partial charge in [0.2, 0.25) is 17.7 Å². The number of benzene rings is 2. The molecule has 1 fully saturated rings. The normalized spacial score (nSPS) is 15.5. The summed E-state index contributed by atoms with van der Waals surface area (Å²) >= 11 is 0. The maximum absolute atomic E-state index is 13.3. The Balaban J connectivity index is 1.73. The molecule has 46 heavy (non-hydrogen) atoms. The Labute approximate surface area is 262 Å². The average Bonchev–Trinajstić information content (AvgIpc) is 3.04. The van der Waals surface area contributed by atoms with Crippen molar-refractivity contribution in [2.24, 2.45) is 0 Å². The molecule has 2 aromatic rings. The number of esters is 1. The molecular weight excluding hydrogens is 620 g/mol. The minimum Gasteiger partial charge on any atom is -0.459 e. The van der Waals surface area contributed by atoms with E-state index in [-0.39, 0.29) is 19.6 Å². The molecule has 0 saturated carbocycles. The maximum Gasteiger partial charge on any atom is 0.345 e. The van der Waals surface area contributed by atoms with Crippen molar-refractivity contribution in [1.82, 2.24) is 20.9 Å². The molecule has 16 heteroatoms. The van der Waals surface area contributed by atoms with Crippen LogP contribution in [0.2, 0.25) is 0 Å². The summed E-state index contributed by atoms with van der Waals surface area (Å²) < 4.78 is 70.7. The third-order valence-electron chi connectivity index (χ3n) is 6.64. The molecule has 1 aliphatic heterocycles. The number of nitrogens with zero attached hydrogens (tertiary/aromatic N) is 1. The summed E-state index contributed by atoms with van der Waals surface area (Å²) in [5.74, 6) is -3.87. The molecule has 0 spiro atoms. The van der Waals surface area contributed by atoms with E-state index in [0.717, 1.165) is 0 Å². The number of rotatable bonds is 18. The first-order chi connectivity index (χ1) is 22.1. The van der Waals surface area contributed by atoms with Crippen molar-refractivity contribution in [3.05, 3.63) is 71.8 Å². The summed E-state index contributed by atoms with van der Waals surface area (Å²) in [6.07, 6.45) is -0.0565. The van der Waals surface area contributed by atoms with Gasteiger partial charge in [0, 0.05) is 19.5 Å². The van der Waals surface area contributed by atoms with E-state index in [1.807, 2.05) is 0 Å². The van der Waals surface area contributed by atoms with Crippen LogP contribution in [-0.2, 0) is 51.2 Å². The van der Waals surface area contributed by atoms with Gasteiger partial charge in [0.15, 0.2) is 0 Å². The lowest BCUT2D eigenvalue weighted by Crippen LogP contribution is -2.59. The molecule has 12 nitrogen and oxygen atoms in total. The SMILES string of the molecule is O=C(CN1CCOCC1)NC(COC(F)F)C(=O)NC(COC(F)F)C(=O)N[C@@H](Cc1ccccc1)C(=O)OCc1ccccc1. The topological polar surface area (TPSA) is 145 Å². The number of amides is 3. The number of nitrogens with one attached hydrogen (secondary N) is 3. The predicted molar refractivity (Wildman–Crippen MR) is 153 cm³/mol. The van der Waals surface area contributed by atoms with E-state index in [0.29, 0.717) is 37.4 Å². The van der Waals surface area contributed by atoms with Gasteiger partial charge in [0.1, 0.15) is 24.7 Å². The molecule has 0 aliphatic carbocycles. The summed E-state index contributed by atoms with van der Waals surface area (Å²) in [5, 5.41) is 6.81. The number of morpholine rings is 1. The minimum absolute atomic E-state index is 0.0565. The zero-order valence-electron chi connectivity index (χ0n) is 24.7. The Morgan fingerprint density at radius 2 is 1.22 bits per heavy atom. The largest absolute Gasteiger partial charge is 0.459 e. The van der Waals surface area contributed by atoms with Crippen LogP contribution < -0.4 is 16.0 Å². The lowest BCUT2D eigenvalue weighted by atomic mass is 10.1. The molecule has 2 unspecified atom stereocenters. The van der Waals surface area contributed by atoms with Gasteiger partial charge < -0.3 is 34.9 Å². The Morgan fingerprint density at radius 3 is 1.76 bits per heavy atom. The molecule has 3 rings (SSSR count). The van der Waals surface area contributed by atoms with Crippen LogP contribution in [0.15, 0.2) is 60.7 Å². The van der Waals surface area contributed by atoms with Gasteiger partial charge >= 0.3 is 19.2 Å². The van der Waals surface area contributed by atoms with E-state index in [9.17, 15) is 36.7 Å². The first-order valence-electron chi connectivity index (χ1n) is 14.3. The number of halogens is 4. The van der Waals surface area contributed by atoms with Crippen LogP contribution in [0.1, 0.15) is 11.1 Å².